The highest BCUT2D eigenvalue weighted by atomic mass is 16.6. The molecule has 0 atom stereocenters. The summed E-state index contributed by atoms with van der Waals surface area (Å²) in [6, 6.07) is 7.79. The molecule has 3 heterocycles. The summed E-state index contributed by atoms with van der Waals surface area (Å²) in [6.07, 6.45) is 0.874. The van der Waals surface area contributed by atoms with Crippen LogP contribution in [-0.2, 0) is 13.0 Å². The molecule has 2 aromatic carbocycles. The summed E-state index contributed by atoms with van der Waals surface area (Å²) < 4.78 is 22.2. The normalized spacial score (nSPS) is 15.2. The number of hydrogen-bond donors (Lipinski definition) is 1. The minimum absolute atomic E-state index is 0.416. The first-order chi connectivity index (χ1) is 14.2. The van der Waals surface area contributed by atoms with E-state index in [4.69, 9.17) is 29.7 Å². The Morgan fingerprint density at radius 2 is 1.62 bits per heavy atom. The van der Waals surface area contributed by atoms with E-state index in [1.54, 1.807) is 14.2 Å². The summed E-state index contributed by atoms with van der Waals surface area (Å²) in [4.78, 5) is 11.4. The van der Waals surface area contributed by atoms with E-state index >= 15 is 0 Å². The first kappa shape index (κ1) is 17.7. The Morgan fingerprint density at radius 1 is 0.931 bits per heavy atom. The van der Waals surface area contributed by atoms with Crippen molar-refractivity contribution in [2.24, 2.45) is 0 Å². The third kappa shape index (κ3) is 3.00. The maximum atomic E-state index is 6.25. The number of methoxy groups -OCH3 is 2. The molecule has 2 aliphatic rings. The minimum atomic E-state index is 0.416. The van der Waals surface area contributed by atoms with Crippen molar-refractivity contribution in [2.75, 3.05) is 44.6 Å². The molecular formula is C21H22N4O4. The van der Waals surface area contributed by atoms with E-state index in [9.17, 15) is 0 Å². The third-order valence-electron chi connectivity index (χ3n) is 5.38. The fraction of sp³-hybridized carbons (Fsp3) is 0.333. The molecule has 0 unspecified atom stereocenters. The highest BCUT2D eigenvalue weighted by Crippen LogP contribution is 2.37. The smallest absolute Gasteiger partial charge is 0.228 e. The van der Waals surface area contributed by atoms with Crippen LogP contribution in [0, 0.1) is 0 Å². The number of nitrogen functional groups attached to an aromatic ring is 1. The van der Waals surface area contributed by atoms with Crippen LogP contribution in [0.2, 0.25) is 0 Å². The van der Waals surface area contributed by atoms with Gasteiger partial charge >= 0.3 is 0 Å². The van der Waals surface area contributed by atoms with Crippen LogP contribution in [0.25, 0.3) is 10.9 Å². The Hall–Kier alpha value is -3.42. The predicted octanol–water partition coefficient (Wildman–Crippen LogP) is 2.56. The van der Waals surface area contributed by atoms with Gasteiger partial charge in [-0.05, 0) is 35.7 Å². The fourth-order valence-corrected chi connectivity index (χ4v) is 3.87. The molecule has 8 nitrogen and oxygen atoms in total. The van der Waals surface area contributed by atoms with Gasteiger partial charge in [-0.1, -0.05) is 0 Å². The van der Waals surface area contributed by atoms with Crippen molar-refractivity contribution in [2.45, 2.75) is 13.0 Å². The Labute approximate surface area is 168 Å². The quantitative estimate of drug-likeness (QED) is 0.725. The molecule has 0 bridgehead atoms. The van der Waals surface area contributed by atoms with Crippen LogP contribution in [0.1, 0.15) is 11.1 Å². The number of fused-ring (bicyclic) bond motifs is 3. The second-order valence-corrected chi connectivity index (χ2v) is 7.07. The van der Waals surface area contributed by atoms with Crippen molar-refractivity contribution in [1.29, 1.82) is 0 Å². The summed E-state index contributed by atoms with van der Waals surface area (Å²) in [7, 11) is 3.19. The zero-order chi connectivity index (χ0) is 20.0. The molecule has 3 aromatic rings. The molecule has 0 radical (unpaired) electrons. The van der Waals surface area contributed by atoms with E-state index < -0.39 is 0 Å². The zero-order valence-corrected chi connectivity index (χ0v) is 16.4. The lowest BCUT2D eigenvalue weighted by Crippen LogP contribution is -2.32. The van der Waals surface area contributed by atoms with Crippen molar-refractivity contribution in [3.05, 3.63) is 35.4 Å². The van der Waals surface area contributed by atoms with Crippen LogP contribution in [0.15, 0.2) is 24.3 Å². The van der Waals surface area contributed by atoms with Gasteiger partial charge in [-0.15, -0.1) is 0 Å². The summed E-state index contributed by atoms with van der Waals surface area (Å²) in [5.41, 5.74) is 9.43. The molecule has 0 saturated heterocycles. The molecule has 2 N–H and O–H groups in total. The highest BCUT2D eigenvalue weighted by molar-refractivity contribution is 5.91. The van der Waals surface area contributed by atoms with Crippen LogP contribution in [-0.4, -0.2) is 43.9 Å². The number of aromatic nitrogens is 2. The van der Waals surface area contributed by atoms with Gasteiger partial charge in [-0.3, -0.25) is 0 Å². The Bertz CT molecular complexity index is 1100. The largest absolute Gasteiger partial charge is 0.493 e. The lowest BCUT2D eigenvalue weighted by Gasteiger charge is -2.30. The number of nitrogens with two attached hydrogens (primary N) is 1. The van der Waals surface area contributed by atoms with E-state index in [-0.39, 0.29) is 0 Å². The Morgan fingerprint density at radius 3 is 2.34 bits per heavy atom. The van der Waals surface area contributed by atoms with Crippen molar-refractivity contribution < 1.29 is 18.9 Å². The third-order valence-corrected chi connectivity index (χ3v) is 5.38. The van der Waals surface area contributed by atoms with Crippen LogP contribution in [0.5, 0.6) is 23.0 Å². The first-order valence-electron chi connectivity index (χ1n) is 9.52. The number of rotatable bonds is 3. The summed E-state index contributed by atoms with van der Waals surface area (Å²) in [6.45, 7) is 2.65. The van der Waals surface area contributed by atoms with Gasteiger partial charge in [0, 0.05) is 24.5 Å². The molecule has 8 heteroatoms. The van der Waals surface area contributed by atoms with E-state index in [2.05, 4.69) is 22.0 Å². The number of anilines is 2. The van der Waals surface area contributed by atoms with Gasteiger partial charge in [0.15, 0.2) is 23.0 Å². The summed E-state index contributed by atoms with van der Waals surface area (Å²) in [5.74, 6) is 3.85. The van der Waals surface area contributed by atoms with E-state index in [1.165, 1.54) is 11.1 Å². The van der Waals surface area contributed by atoms with Gasteiger partial charge in [0.2, 0.25) is 5.95 Å². The number of nitrogens with zero attached hydrogens (tertiary/aromatic N) is 3. The lowest BCUT2D eigenvalue weighted by molar-refractivity contribution is 0.171. The van der Waals surface area contributed by atoms with Crippen LogP contribution in [0.4, 0.5) is 11.8 Å². The van der Waals surface area contributed by atoms with Gasteiger partial charge in [0.1, 0.15) is 19.0 Å². The number of hydrogen-bond acceptors (Lipinski definition) is 8. The second-order valence-electron chi connectivity index (χ2n) is 7.07. The van der Waals surface area contributed by atoms with Crippen LogP contribution >= 0.6 is 0 Å². The summed E-state index contributed by atoms with van der Waals surface area (Å²) >= 11 is 0. The first-order valence-corrected chi connectivity index (χ1v) is 9.52. The maximum Gasteiger partial charge on any atom is 0.228 e. The Kier molecular flexibility index (Phi) is 4.19. The van der Waals surface area contributed by atoms with Crippen LogP contribution < -0.4 is 29.6 Å². The number of benzene rings is 2. The van der Waals surface area contributed by atoms with Gasteiger partial charge < -0.3 is 29.6 Å². The molecule has 0 saturated carbocycles. The highest BCUT2D eigenvalue weighted by Gasteiger charge is 2.24. The lowest BCUT2D eigenvalue weighted by atomic mass is 9.99. The molecule has 2 aliphatic heterocycles. The van der Waals surface area contributed by atoms with Crippen molar-refractivity contribution >= 4 is 22.7 Å². The van der Waals surface area contributed by atoms with Crippen LogP contribution in [0.3, 0.4) is 0 Å². The molecule has 5 rings (SSSR count). The average Bonchev–Trinajstić information content (AvgIpc) is 2.76. The monoisotopic (exact) mass is 394 g/mol. The number of ether oxygens (including phenoxy) is 4. The van der Waals surface area contributed by atoms with E-state index in [1.807, 2.05) is 12.1 Å². The molecule has 0 aliphatic carbocycles. The SMILES string of the molecule is COc1cc2nc(N3CCc4cc5c(cc4C3)OCCO5)nc(N)c2cc1OC. The second kappa shape index (κ2) is 6.88. The summed E-state index contributed by atoms with van der Waals surface area (Å²) in [5, 5.41) is 0.739. The topological polar surface area (TPSA) is 92.0 Å². The van der Waals surface area contributed by atoms with Gasteiger partial charge in [-0.2, -0.15) is 4.98 Å². The molecule has 150 valence electrons. The molecular weight excluding hydrogens is 372 g/mol. The van der Waals surface area contributed by atoms with Gasteiger partial charge in [-0.25, -0.2) is 4.98 Å². The molecule has 0 spiro atoms. The standard InChI is InChI=1S/C21H22N4O4/c1-26-16-9-14-15(10-17(16)27-2)23-21(24-20(14)22)25-4-3-12-7-18-19(8-13(12)11-25)29-6-5-28-18/h7-10H,3-6,11H2,1-2H3,(H2,22,23,24). The van der Waals surface area contributed by atoms with Crippen molar-refractivity contribution in [3.8, 4) is 23.0 Å². The molecule has 1 aromatic heterocycles. The molecule has 29 heavy (non-hydrogen) atoms. The molecule has 0 fully saturated rings. The van der Waals surface area contributed by atoms with Gasteiger partial charge in [0.05, 0.1) is 19.7 Å². The average molecular weight is 394 g/mol. The van der Waals surface area contributed by atoms with Crippen molar-refractivity contribution in [3.63, 3.8) is 0 Å². The van der Waals surface area contributed by atoms with Crippen molar-refractivity contribution in [1.82, 2.24) is 9.97 Å². The van der Waals surface area contributed by atoms with Gasteiger partial charge in [0.25, 0.3) is 0 Å². The molecule has 0 amide bonds. The fourth-order valence-electron chi connectivity index (χ4n) is 3.87. The van der Waals surface area contributed by atoms with E-state index in [0.29, 0.717) is 43.0 Å². The zero-order valence-electron chi connectivity index (χ0n) is 16.4. The maximum absolute atomic E-state index is 6.25. The van der Waals surface area contributed by atoms with E-state index in [0.717, 1.165) is 35.4 Å². The Balaban J connectivity index is 1.51. The minimum Gasteiger partial charge on any atom is -0.493 e. The predicted molar refractivity (Wildman–Crippen MR) is 109 cm³/mol.